The first-order chi connectivity index (χ1) is 3.30. The van der Waals surface area contributed by atoms with Gasteiger partial charge in [-0.15, -0.1) is 4.73 Å². The van der Waals surface area contributed by atoms with Gasteiger partial charge in [0.15, 0.2) is 6.26 Å². The molecule has 3 nitrogen and oxygen atoms in total. The lowest BCUT2D eigenvalue weighted by Gasteiger charge is -1.84. The van der Waals surface area contributed by atoms with E-state index in [4.69, 9.17) is 0 Å². The zero-order valence-corrected chi connectivity index (χ0v) is 3.92. The van der Waals surface area contributed by atoms with E-state index in [2.05, 4.69) is 4.42 Å². The van der Waals surface area contributed by atoms with Crippen LogP contribution in [0.3, 0.4) is 0 Å². The number of rotatable bonds is 0. The van der Waals surface area contributed by atoms with E-state index < -0.39 is 0 Å². The lowest BCUT2D eigenvalue weighted by atomic mass is 10.8. The first-order valence-electron chi connectivity index (χ1n) is 1.94. The van der Waals surface area contributed by atoms with E-state index in [1.54, 1.807) is 6.92 Å². The van der Waals surface area contributed by atoms with Crippen LogP contribution < -0.4 is 4.73 Å². The number of aromatic nitrogens is 1. The maximum Gasteiger partial charge on any atom is 0.355 e. The second-order valence-electron chi connectivity index (χ2n) is 1.25. The average molecular weight is 99.1 g/mol. The van der Waals surface area contributed by atoms with Gasteiger partial charge in [0.2, 0.25) is 6.20 Å². The van der Waals surface area contributed by atoms with Gasteiger partial charge in [-0.05, 0) is 0 Å². The molecule has 0 spiro atoms. The van der Waals surface area contributed by atoms with Gasteiger partial charge < -0.3 is 9.62 Å². The van der Waals surface area contributed by atoms with Crippen LogP contribution >= 0.6 is 0 Å². The first-order valence-corrected chi connectivity index (χ1v) is 1.94. The quantitative estimate of drug-likeness (QED) is 0.345. The minimum absolute atomic E-state index is 0.375. The fraction of sp³-hybridized carbons (Fsp3) is 0.250. The van der Waals surface area contributed by atoms with E-state index in [9.17, 15) is 5.21 Å². The maximum atomic E-state index is 10.2. The molecule has 0 aliphatic heterocycles. The summed E-state index contributed by atoms with van der Waals surface area (Å²) in [7, 11) is 0. The van der Waals surface area contributed by atoms with Crippen molar-refractivity contribution in [3.63, 3.8) is 0 Å². The summed E-state index contributed by atoms with van der Waals surface area (Å²) in [4.78, 5) is 0. The Bertz CT molecular complexity index is 142. The molecule has 0 N–H and O–H groups in total. The molecule has 0 unspecified atom stereocenters. The van der Waals surface area contributed by atoms with Crippen LogP contribution in [0.4, 0.5) is 0 Å². The van der Waals surface area contributed by atoms with Crippen molar-refractivity contribution in [2.75, 3.05) is 0 Å². The van der Waals surface area contributed by atoms with Crippen molar-refractivity contribution < 1.29 is 9.15 Å². The van der Waals surface area contributed by atoms with Crippen molar-refractivity contribution in [1.82, 2.24) is 0 Å². The third-order valence-electron chi connectivity index (χ3n) is 0.745. The molecule has 0 fully saturated rings. The van der Waals surface area contributed by atoms with E-state index in [-0.39, 0.29) is 0 Å². The monoisotopic (exact) mass is 99.0 g/mol. The van der Waals surface area contributed by atoms with Crippen molar-refractivity contribution in [1.29, 1.82) is 0 Å². The van der Waals surface area contributed by atoms with E-state index in [1.807, 2.05) is 0 Å². The smallest absolute Gasteiger partial charge is 0.355 e. The summed E-state index contributed by atoms with van der Waals surface area (Å²) in [5.41, 5.74) is 0. The Morgan fingerprint density at radius 1 is 1.86 bits per heavy atom. The number of hydrogen-bond donors (Lipinski definition) is 0. The third kappa shape index (κ3) is 0.559. The van der Waals surface area contributed by atoms with Gasteiger partial charge in [-0.3, -0.25) is 0 Å². The lowest BCUT2D eigenvalue weighted by molar-refractivity contribution is -0.616. The molecule has 3 heteroatoms. The second kappa shape index (κ2) is 1.26. The molecule has 0 aromatic carbocycles. The van der Waals surface area contributed by atoms with Gasteiger partial charge in [-0.25, -0.2) is 0 Å². The second-order valence-corrected chi connectivity index (χ2v) is 1.25. The van der Waals surface area contributed by atoms with Crippen LogP contribution in [-0.2, 0) is 0 Å². The van der Waals surface area contributed by atoms with Crippen LogP contribution in [0, 0.1) is 12.1 Å². The van der Waals surface area contributed by atoms with Gasteiger partial charge in [-0.2, -0.15) is 0 Å². The van der Waals surface area contributed by atoms with Gasteiger partial charge >= 0.3 is 5.89 Å². The highest BCUT2D eigenvalue weighted by Gasteiger charge is 1.95. The van der Waals surface area contributed by atoms with Crippen molar-refractivity contribution in [3.8, 4) is 0 Å². The SMILES string of the molecule is Cc1occ[n+]1[O-]. The van der Waals surface area contributed by atoms with Gasteiger partial charge in [-0.1, -0.05) is 0 Å². The minimum atomic E-state index is 0.375. The highest BCUT2D eigenvalue weighted by Crippen LogP contribution is 1.84. The Kier molecular flexibility index (Phi) is 0.749. The average Bonchev–Trinajstić information content (AvgIpc) is 1.91. The fourth-order valence-corrected chi connectivity index (χ4v) is 0.341. The van der Waals surface area contributed by atoms with Crippen molar-refractivity contribution in [3.05, 3.63) is 23.6 Å². The van der Waals surface area contributed by atoms with Crippen LogP contribution in [-0.4, -0.2) is 0 Å². The van der Waals surface area contributed by atoms with Crippen molar-refractivity contribution in [2.45, 2.75) is 6.92 Å². The van der Waals surface area contributed by atoms with E-state index in [0.717, 1.165) is 0 Å². The summed E-state index contributed by atoms with van der Waals surface area (Å²) < 4.78 is 5.28. The van der Waals surface area contributed by atoms with Crippen LogP contribution in [0.25, 0.3) is 0 Å². The van der Waals surface area contributed by atoms with Crippen LogP contribution in [0.15, 0.2) is 16.9 Å². The predicted octanol–water partition coefficient (Wildman–Crippen LogP) is 0.221. The van der Waals surface area contributed by atoms with Crippen LogP contribution in [0.5, 0.6) is 0 Å². The summed E-state index contributed by atoms with van der Waals surface area (Å²) >= 11 is 0. The highest BCUT2D eigenvalue weighted by molar-refractivity contribution is 4.61. The molecule has 0 radical (unpaired) electrons. The molecule has 0 aliphatic carbocycles. The Labute approximate surface area is 40.8 Å². The molecule has 0 saturated carbocycles. The number of nitrogens with zero attached hydrogens (tertiary/aromatic N) is 1. The maximum absolute atomic E-state index is 10.2. The molecule has 0 amide bonds. The largest absolute Gasteiger partial charge is 0.616 e. The molecular formula is C4H5NO2. The summed E-state index contributed by atoms with van der Waals surface area (Å²) in [5, 5.41) is 10.2. The molecule has 1 heterocycles. The molecule has 0 atom stereocenters. The molecular weight excluding hydrogens is 94.0 g/mol. The van der Waals surface area contributed by atoms with Crippen LogP contribution in [0.1, 0.15) is 5.89 Å². The van der Waals surface area contributed by atoms with Crippen LogP contribution in [0.2, 0.25) is 0 Å². The number of aryl methyl sites for hydroxylation is 1. The van der Waals surface area contributed by atoms with E-state index >= 15 is 0 Å². The fourth-order valence-electron chi connectivity index (χ4n) is 0.341. The topological polar surface area (TPSA) is 40.1 Å². The van der Waals surface area contributed by atoms with Gasteiger partial charge in [0.05, 0.1) is 6.92 Å². The van der Waals surface area contributed by atoms with Gasteiger partial charge in [0, 0.05) is 0 Å². The van der Waals surface area contributed by atoms with Gasteiger partial charge in [0.25, 0.3) is 0 Å². The molecule has 1 rings (SSSR count). The summed E-state index contributed by atoms with van der Waals surface area (Å²) in [6, 6.07) is 0. The molecule has 7 heavy (non-hydrogen) atoms. The van der Waals surface area contributed by atoms with E-state index in [0.29, 0.717) is 10.6 Å². The van der Waals surface area contributed by atoms with Crippen molar-refractivity contribution >= 4 is 0 Å². The zero-order chi connectivity index (χ0) is 5.28. The Morgan fingerprint density at radius 2 is 2.57 bits per heavy atom. The minimum Gasteiger partial charge on any atom is -0.616 e. The highest BCUT2D eigenvalue weighted by atomic mass is 16.5. The van der Waals surface area contributed by atoms with E-state index in [1.165, 1.54) is 12.5 Å². The molecule has 0 aliphatic rings. The number of hydrogen-bond acceptors (Lipinski definition) is 2. The molecule has 1 aromatic rings. The summed E-state index contributed by atoms with van der Waals surface area (Å²) in [6.45, 7) is 1.60. The molecule has 0 bridgehead atoms. The standard InChI is InChI=1S/C4H5NO2/c1-4-5(6)2-3-7-4/h2-3H,1H3. The first kappa shape index (κ1) is 4.18. The summed E-state index contributed by atoms with van der Waals surface area (Å²) in [6.07, 6.45) is 2.66. The third-order valence-corrected chi connectivity index (χ3v) is 0.745. The summed E-state index contributed by atoms with van der Waals surface area (Å²) in [5.74, 6) is 0.375. The van der Waals surface area contributed by atoms with Gasteiger partial charge in [0.1, 0.15) is 0 Å². The normalized spacial score (nSPS) is 9.29. The zero-order valence-electron chi connectivity index (χ0n) is 3.92. The Hall–Kier alpha value is -0.990. The molecule has 0 saturated heterocycles. The van der Waals surface area contributed by atoms with Crippen molar-refractivity contribution in [2.24, 2.45) is 0 Å². The number of oxazole rings is 1. The Morgan fingerprint density at radius 3 is 2.71 bits per heavy atom. The lowest BCUT2D eigenvalue weighted by Crippen LogP contribution is -2.24. The predicted molar refractivity (Wildman–Crippen MR) is 22.4 cm³/mol. The molecule has 38 valence electrons. The Balaban J connectivity index is 3.12. The molecule has 1 aromatic heterocycles.